The van der Waals surface area contributed by atoms with Crippen molar-refractivity contribution in [2.24, 2.45) is 0 Å². The first kappa shape index (κ1) is 7.23. The normalized spacial score (nSPS) is 24.6. The minimum absolute atomic E-state index is 0.251. The Bertz CT molecular complexity index is 224. The quantitative estimate of drug-likeness (QED) is 0.393. The highest BCUT2D eigenvalue weighted by atomic mass is 32.2. The van der Waals surface area contributed by atoms with Crippen LogP contribution < -0.4 is 0 Å². The van der Waals surface area contributed by atoms with Crippen LogP contribution in [0.2, 0.25) is 0 Å². The van der Waals surface area contributed by atoms with Crippen LogP contribution in [0.3, 0.4) is 0 Å². The number of carbonyl (C=O) groups excluding carboxylic acids is 1. The number of thioether (sulfide) groups is 1. The maximum Gasteiger partial charge on any atom is 0.372 e. The fourth-order valence-electron chi connectivity index (χ4n) is 0.594. The predicted molar refractivity (Wildman–Crippen MR) is 40.5 cm³/mol. The highest BCUT2D eigenvalue weighted by molar-refractivity contribution is 8.15. The van der Waals surface area contributed by atoms with Gasteiger partial charge in [-0.3, -0.25) is 0 Å². The molecule has 0 aromatic rings. The van der Waals surface area contributed by atoms with Crippen molar-refractivity contribution < 1.29 is 9.53 Å². The first-order chi connectivity index (χ1) is 4.74. The molecule has 0 N–H and O–H groups in total. The molecular weight excluding hydrogens is 148 g/mol. The molecule has 0 aromatic heterocycles. The molecule has 0 saturated heterocycles. The standard InChI is InChI=1S/C7H6O2S/c1-3-6-4-10-7(8)9-5(6)2/h1,4-5H,2H3. The van der Waals surface area contributed by atoms with E-state index in [4.69, 9.17) is 11.2 Å². The summed E-state index contributed by atoms with van der Waals surface area (Å²) in [6.07, 6.45) is 4.87. The van der Waals surface area contributed by atoms with Crippen molar-refractivity contribution >= 4 is 17.1 Å². The van der Waals surface area contributed by atoms with Crippen LogP contribution in [-0.2, 0) is 4.74 Å². The second-order valence-corrected chi connectivity index (χ2v) is 2.65. The summed E-state index contributed by atoms with van der Waals surface area (Å²) in [5.74, 6) is 2.44. The number of carbonyl (C=O) groups is 1. The number of ether oxygens (including phenoxy) is 1. The fourth-order valence-corrected chi connectivity index (χ4v) is 1.28. The molecule has 0 spiro atoms. The molecule has 0 fully saturated rings. The summed E-state index contributed by atoms with van der Waals surface area (Å²) in [6.45, 7) is 1.75. The van der Waals surface area contributed by atoms with Gasteiger partial charge in [0.25, 0.3) is 0 Å². The van der Waals surface area contributed by atoms with Crippen molar-refractivity contribution in [3.05, 3.63) is 11.0 Å². The van der Waals surface area contributed by atoms with Gasteiger partial charge in [0.2, 0.25) is 0 Å². The monoisotopic (exact) mass is 154 g/mol. The number of hydrogen-bond acceptors (Lipinski definition) is 3. The highest BCUT2D eigenvalue weighted by Gasteiger charge is 2.17. The molecule has 10 heavy (non-hydrogen) atoms. The zero-order valence-electron chi connectivity index (χ0n) is 5.46. The molecule has 1 aliphatic heterocycles. The van der Waals surface area contributed by atoms with E-state index in [1.54, 1.807) is 12.3 Å². The minimum atomic E-state index is -0.286. The van der Waals surface area contributed by atoms with E-state index >= 15 is 0 Å². The van der Waals surface area contributed by atoms with Crippen LogP contribution >= 0.6 is 11.8 Å². The van der Waals surface area contributed by atoms with Crippen molar-refractivity contribution in [2.45, 2.75) is 13.0 Å². The Hall–Kier alpha value is -0.880. The predicted octanol–water partition coefficient (Wildman–Crippen LogP) is 1.78. The molecule has 0 amide bonds. The van der Waals surface area contributed by atoms with Crippen LogP contribution in [0.25, 0.3) is 0 Å². The van der Waals surface area contributed by atoms with Crippen molar-refractivity contribution in [2.75, 3.05) is 0 Å². The maximum atomic E-state index is 10.6. The molecule has 0 radical (unpaired) electrons. The Morgan fingerprint density at radius 3 is 3.10 bits per heavy atom. The van der Waals surface area contributed by atoms with Gasteiger partial charge in [0.05, 0.1) is 0 Å². The second-order valence-electron chi connectivity index (χ2n) is 1.85. The number of hydrogen-bond donors (Lipinski definition) is 0. The van der Waals surface area contributed by atoms with Gasteiger partial charge in [-0.1, -0.05) is 5.92 Å². The van der Waals surface area contributed by atoms with Gasteiger partial charge in [-0.25, -0.2) is 4.79 Å². The smallest absolute Gasteiger partial charge is 0.372 e. The third-order valence-electron chi connectivity index (χ3n) is 1.16. The molecule has 0 aromatic carbocycles. The van der Waals surface area contributed by atoms with Gasteiger partial charge in [0.15, 0.2) is 0 Å². The molecule has 0 saturated carbocycles. The molecule has 0 bridgehead atoms. The van der Waals surface area contributed by atoms with Crippen LogP contribution in [0.5, 0.6) is 0 Å². The fraction of sp³-hybridized carbons (Fsp3) is 0.286. The Kier molecular flexibility index (Phi) is 2.03. The molecule has 3 heteroatoms. The van der Waals surface area contributed by atoms with E-state index < -0.39 is 0 Å². The summed E-state index contributed by atoms with van der Waals surface area (Å²) in [7, 11) is 0. The van der Waals surface area contributed by atoms with E-state index in [0.717, 1.165) is 17.3 Å². The lowest BCUT2D eigenvalue weighted by atomic mass is 10.2. The molecule has 1 rings (SSSR count). The number of cyclic esters (lactones) is 1. The largest absolute Gasteiger partial charge is 0.449 e. The summed E-state index contributed by atoms with van der Waals surface area (Å²) >= 11 is 0.989. The molecule has 52 valence electrons. The van der Waals surface area contributed by atoms with Gasteiger partial charge in [-0.05, 0) is 24.1 Å². The van der Waals surface area contributed by atoms with Gasteiger partial charge < -0.3 is 4.74 Å². The summed E-state index contributed by atoms with van der Waals surface area (Å²) in [5.41, 5.74) is 0.726. The molecule has 2 nitrogen and oxygen atoms in total. The van der Waals surface area contributed by atoms with Crippen LogP contribution in [0.15, 0.2) is 11.0 Å². The zero-order chi connectivity index (χ0) is 7.56. The summed E-state index contributed by atoms with van der Waals surface area (Å²) in [4.78, 5) is 10.6. The van der Waals surface area contributed by atoms with Gasteiger partial charge in [-0.2, -0.15) is 0 Å². The van der Waals surface area contributed by atoms with Gasteiger partial charge >= 0.3 is 5.30 Å². The van der Waals surface area contributed by atoms with E-state index in [1.165, 1.54) is 0 Å². The van der Waals surface area contributed by atoms with Crippen molar-refractivity contribution in [1.82, 2.24) is 0 Å². The van der Waals surface area contributed by atoms with Gasteiger partial charge in [0, 0.05) is 5.57 Å². The van der Waals surface area contributed by atoms with Crippen molar-refractivity contribution in [1.29, 1.82) is 0 Å². The summed E-state index contributed by atoms with van der Waals surface area (Å²) in [6, 6.07) is 0. The lowest BCUT2D eigenvalue weighted by Crippen LogP contribution is -2.16. The third-order valence-corrected chi connectivity index (χ3v) is 1.82. The Morgan fingerprint density at radius 1 is 1.90 bits per heavy atom. The van der Waals surface area contributed by atoms with E-state index in [0.29, 0.717) is 0 Å². The summed E-state index contributed by atoms with van der Waals surface area (Å²) in [5, 5.41) is 1.36. The second kappa shape index (κ2) is 2.80. The van der Waals surface area contributed by atoms with E-state index in [2.05, 4.69) is 5.92 Å². The maximum absolute atomic E-state index is 10.6. The lowest BCUT2D eigenvalue weighted by molar-refractivity contribution is 0.151. The molecular formula is C7H6O2S. The molecule has 1 unspecified atom stereocenters. The number of terminal acetylenes is 1. The first-order valence-corrected chi connectivity index (χ1v) is 3.66. The van der Waals surface area contributed by atoms with Crippen molar-refractivity contribution in [3.63, 3.8) is 0 Å². The van der Waals surface area contributed by atoms with E-state index in [1.807, 2.05) is 0 Å². The van der Waals surface area contributed by atoms with Crippen LogP contribution in [0.1, 0.15) is 6.92 Å². The highest BCUT2D eigenvalue weighted by Crippen LogP contribution is 2.21. The van der Waals surface area contributed by atoms with Gasteiger partial charge in [-0.15, -0.1) is 6.42 Å². The van der Waals surface area contributed by atoms with Crippen LogP contribution in [-0.4, -0.2) is 11.4 Å². The van der Waals surface area contributed by atoms with E-state index in [-0.39, 0.29) is 11.4 Å². The van der Waals surface area contributed by atoms with Crippen molar-refractivity contribution in [3.8, 4) is 12.3 Å². The minimum Gasteiger partial charge on any atom is -0.449 e. The molecule has 0 aliphatic carbocycles. The van der Waals surface area contributed by atoms with E-state index in [9.17, 15) is 4.79 Å². The SMILES string of the molecule is C#CC1=CSC(=O)OC1C. The Labute approximate surface area is 63.6 Å². The third kappa shape index (κ3) is 1.34. The lowest BCUT2D eigenvalue weighted by Gasteiger charge is -2.15. The molecule has 1 heterocycles. The average Bonchev–Trinajstić information content (AvgIpc) is 1.88. The Balaban J connectivity index is 2.77. The number of rotatable bonds is 0. The topological polar surface area (TPSA) is 26.3 Å². The Morgan fingerprint density at radius 2 is 2.60 bits per heavy atom. The van der Waals surface area contributed by atoms with Crippen LogP contribution in [0, 0.1) is 12.3 Å². The van der Waals surface area contributed by atoms with Gasteiger partial charge in [0.1, 0.15) is 6.10 Å². The first-order valence-electron chi connectivity index (χ1n) is 2.78. The summed E-state index contributed by atoms with van der Waals surface area (Å²) < 4.78 is 4.80. The zero-order valence-corrected chi connectivity index (χ0v) is 6.27. The average molecular weight is 154 g/mol. The molecule has 1 aliphatic rings. The van der Waals surface area contributed by atoms with Crippen LogP contribution in [0.4, 0.5) is 4.79 Å². The molecule has 1 atom stereocenters.